The molecule has 0 spiro atoms. The third kappa shape index (κ3) is 2.66. The molecular weight excluding hydrogens is 260 g/mol. The van der Waals surface area contributed by atoms with E-state index in [1.54, 1.807) is 25.1 Å². The third-order valence-electron chi connectivity index (χ3n) is 2.93. The first-order chi connectivity index (χ1) is 9.52. The van der Waals surface area contributed by atoms with E-state index in [2.05, 4.69) is 15.5 Å². The van der Waals surface area contributed by atoms with Gasteiger partial charge in [0.15, 0.2) is 5.82 Å². The molecular formula is C13H14N4O3. The fourth-order valence-electron chi connectivity index (χ4n) is 1.89. The van der Waals surface area contributed by atoms with Crippen LogP contribution in [-0.4, -0.2) is 21.0 Å². The average molecular weight is 274 g/mol. The van der Waals surface area contributed by atoms with Crippen molar-refractivity contribution in [1.82, 2.24) is 10.2 Å². The second-order valence-corrected chi connectivity index (χ2v) is 4.31. The van der Waals surface area contributed by atoms with Crippen molar-refractivity contribution in [2.75, 3.05) is 5.32 Å². The number of carbonyl (C=O) groups excluding carboxylic acids is 1. The number of aromatic amines is 1. The summed E-state index contributed by atoms with van der Waals surface area (Å²) in [5.41, 5.74) is 1.26. The number of nitrogens with one attached hydrogen (secondary N) is 2. The van der Waals surface area contributed by atoms with Gasteiger partial charge in [-0.25, -0.2) is 0 Å². The fraction of sp³-hybridized carbons (Fsp3) is 0.231. The zero-order valence-corrected chi connectivity index (χ0v) is 11.1. The number of rotatable bonds is 4. The minimum absolute atomic E-state index is 0.0542. The van der Waals surface area contributed by atoms with Crippen LogP contribution in [0.15, 0.2) is 24.3 Å². The maximum atomic E-state index is 12.2. The van der Waals surface area contributed by atoms with Gasteiger partial charge in [-0.3, -0.25) is 20.0 Å². The SMILES string of the molecule is CCc1cc(NC(=O)c2c(C)cccc2[N+](=O)[O-])n[nH]1. The Balaban J connectivity index is 2.31. The molecule has 1 heterocycles. The number of aromatic nitrogens is 2. The Morgan fingerprint density at radius 1 is 1.50 bits per heavy atom. The van der Waals surface area contributed by atoms with Gasteiger partial charge in [0.25, 0.3) is 11.6 Å². The lowest BCUT2D eigenvalue weighted by atomic mass is 10.1. The molecule has 0 fully saturated rings. The molecule has 2 aromatic rings. The van der Waals surface area contributed by atoms with E-state index >= 15 is 0 Å². The smallest absolute Gasteiger partial charge is 0.282 e. The van der Waals surface area contributed by atoms with Gasteiger partial charge in [0.2, 0.25) is 0 Å². The maximum absolute atomic E-state index is 12.2. The predicted molar refractivity (Wildman–Crippen MR) is 73.8 cm³/mol. The van der Waals surface area contributed by atoms with Crippen LogP contribution >= 0.6 is 0 Å². The first-order valence-electron chi connectivity index (χ1n) is 6.12. The van der Waals surface area contributed by atoms with E-state index in [-0.39, 0.29) is 11.3 Å². The standard InChI is InChI=1S/C13H14N4O3/c1-3-9-7-11(16-15-9)14-13(18)12-8(2)5-4-6-10(12)17(19)20/h4-7H,3H2,1-2H3,(H2,14,15,16,18). The number of hydrogen-bond acceptors (Lipinski definition) is 4. The maximum Gasteiger partial charge on any atom is 0.282 e. The van der Waals surface area contributed by atoms with Crippen LogP contribution in [0.25, 0.3) is 0 Å². The highest BCUT2D eigenvalue weighted by Gasteiger charge is 2.22. The summed E-state index contributed by atoms with van der Waals surface area (Å²) in [6.07, 6.45) is 0.757. The Hall–Kier alpha value is -2.70. The van der Waals surface area contributed by atoms with Crippen LogP contribution in [0.1, 0.15) is 28.5 Å². The van der Waals surface area contributed by atoms with Crippen molar-refractivity contribution in [3.63, 3.8) is 0 Å². The van der Waals surface area contributed by atoms with Crippen LogP contribution in [0, 0.1) is 17.0 Å². The van der Waals surface area contributed by atoms with E-state index in [0.717, 1.165) is 12.1 Å². The van der Waals surface area contributed by atoms with Crippen LogP contribution in [0.2, 0.25) is 0 Å². The number of nitro groups is 1. The number of benzene rings is 1. The Morgan fingerprint density at radius 3 is 2.85 bits per heavy atom. The number of hydrogen-bond donors (Lipinski definition) is 2. The molecule has 0 unspecified atom stereocenters. The number of amides is 1. The molecule has 104 valence electrons. The number of anilines is 1. The molecule has 2 N–H and O–H groups in total. The van der Waals surface area contributed by atoms with E-state index in [1.807, 2.05) is 6.92 Å². The summed E-state index contributed by atoms with van der Waals surface area (Å²) < 4.78 is 0. The predicted octanol–water partition coefficient (Wildman–Crippen LogP) is 2.44. The fourth-order valence-corrected chi connectivity index (χ4v) is 1.89. The van der Waals surface area contributed by atoms with E-state index in [0.29, 0.717) is 11.4 Å². The van der Waals surface area contributed by atoms with Gasteiger partial charge in [0, 0.05) is 17.8 Å². The number of H-pyrrole nitrogens is 1. The molecule has 0 radical (unpaired) electrons. The van der Waals surface area contributed by atoms with Crippen molar-refractivity contribution in [3.05, 3.63) is 51.2 Å². The topological polar surface area (TPSA) is 101 Å². The molecule has 7 heteroatoms. The molecule has 20 heavy (non-hydrogen) atoms. The highest BCUT2D eigenvalue weighted by Crippen LogP contribution is 2.22. The second kappa shape index (κ2) is 5.52. The zero-order chi connectivity index (χ0) is 14.7. The second-order valence-electron chi connectivity index (χ2n) is 4.31. The minimum Gasteiger partial charge on any atom is -0.305 e. The molecule has 0 aliphatic heterocycles. The molecule has 1 aromatic carbocycles. The minimum atomic E-state index is -0.566. The van der Waals surface area contributed by atoms with E-state index in [9.17, 15) is 14.9 Å². The summed E-state index contributed by atoms with van der Waals surface area (Å²) in [4.78, 5) is 22.6. The Kier molecular flexibility index (Phi) is 3.79. The molecule has 0 aliphatic carbocycles. The van der Waals surface area contributed by atoms with Crippen LogP contribution in [0.3, 0.4) is 0 Å². The van der Waals surface area contributed by atoms with Crippen LogP contribution < -0.4 is 5.32 Å². The lowest BCUT2D eigenvalue weighted by Gasteiger charge is -2.06. The van der Waals surface area contributed by atoms with E-state index < -0.39 is 10.8 Å². The third-order valence-corrected chi connectivity index (χ3v) is 2.93. The van der Waals surface area contributed by atoms with Crippen molar-refractivity contribution in [2.45, 2.75) is 20.3 Å². The number of nitro benzene ring substituents is 1. The van der Waals surface area contributed by atoms with Gasteiger partial charge in [-0.2, -0.15) is 5.10 Å². The van der Waals surface area contributed by atoms with Gasteiger partial charge in [0.05, 0.1) is 4.92 Å². The van der Waals surface area contributed by atoms with Gasteiger partial charge in [-0.05, 0) is 18.9 Å². The Bertz CT molecular complexity index is 663. The first-order valence-corrected chi connectivity index (χ1v) is 6.12. The highest BCUT2D eigenvalue weighted by molar-refractivity contribution is 6.07. The monoisotopic (exact) mass is 274 g/mol. The Labute approximate surface area is 115 Å². The van der Waals surface area contributed by atoms with Crippen molar-refractivity contribution in [1.29, 1.82) is 0 Å². The van der Waals surface area contributed by atoms with Crippen molar-refractivity contribution < 1.29 is 9.72 Å². The molecule has 1 aromatic heterocycles. The van der Waals surface area contributed by atoms with Crippen molar-refractivity contribution in [2.24, 2.45) is 0 Å². The molecule has 0 bridgehead atoms. The molecule has 2 rings (SSSR count). The molecule has 1 amide bonds. The summed E-state index contributed by atoms with van der Waals surface area (Å²) in [7, 11) is 0. The van der Waals surface area contributed by atoms with Crippen molar-refractivity contribution in [3.8, 4) is 0 Å². The van der Waals surface area contributed by atoms with Crippen LogP contribution in [-0.2, 0) is 6.42 Å². The highest BCUT2D eigenvalue weighted by atomic mass is 16.6. The van der Waals surface area contributed by atoms with Gasteiger partial charge >= 0.3 is 0 Å². The average Bonchev–Trinajstić information content (AvgIpc) is 2.85. The molecule has 0 atom stereocenters. The number of aryl methyl sites for hydroxylation is 2. The lowest BCUT2D eigenvalue weighted by molar-refractivity contribution is -0.385. The van der Waals surface area contributed by atoms with Gasteiger partial charge in [0.1, 0.15) is 5.56 Å². The first kappa shape index (κ1) is 13.7. The number of nitrogens with zero attached hydrogens (tertiary/aromatic N) is 2. The summed E-state index contributed by atoms with van der Waals surface area (Å²) in [5, 5.41) is 20.2. The lowest BCUT2D eigenvalue weighted by Crippen LogP contribution is -2.15. The van der Waals surface area contributed by atoms with Gasteiger partial charge in [-0.15, -0.1) is 0 Å². The summed E-state index contributed by atoms with van der Waals surface area (Å²) in [5.74, 6) is -0.187. The van der Waals surface area contributed by atoms with Crippen molar-refractivity contribution >= 4 is 17.4 Å². The van der Waals surface area contributed by atoms with Crippen LogP contribution in [0.5, 0.6) is 0 Å². The molecule has 0 saturated carbocycles. The Morgan fingerprint density at radius 2 is 2.25 bits per heavy atom. The summed E-state index contributed by atoms with van der Waals surface area (Å²) in [6.45, 7) is 3.61. The van der Waals surface area contributed by atoms with Crippen LogP contribution in [0.4, 0.5) is 11.5 Å². The van der Waals surface area contributed by atoms with E-state index in [1.165, 1.54) is 6.07 Å². The quantitative estimate of drug-likeness (QED) is 0.660. The molecule has 7 nitrogen and oxygen atoms in total. The summed E-state index contributed by atoms with van der Waals surface area (Å²) >= 11 is 0. The molecule has 0 saturated heterocycles. The largest absolute Gasteiger partial charge is 0.305 e. The summed E-state index contributed by atoms with van der Waals surface area (Å²) in [6, 6.07) is 6.21. The number of carbonyl (C=O) groups is 1. The zero-order valence-electron chi connectivity index (χ0n) is 11.1. The van der Waals surface area contributed by atoms with Gasteiger partial charge in [-0.1, -0.05) is 19.1 Å². The van der Waals surface area contributed by atoms with Gasteiger partial charge < -0.3 is 5.32 Å². The van der Waals surface area contributed by atoms with E-state index in [4.69, 9.17) is 0 Å². The molecule has 0 aliphatic rings. The normalized spacial score (nSPS) is 10.3.